The van der Waals surface area contributed by atoms with E-state index in [0.717, 1.165) is 18.4 Å². The summed E-state index contributed by atoms with van der Waals surface area (Å²) >= 11 is 0. The number of rotatable bonds is 4. The molecule has 0 radical (unpaired) electrons. The van der Waals surface area contributed by atoms with Gasteiger partial charge < -0.3 is 10.2 Å². The Hall–Kier alpha value is -3.17. The number of fused-ring (bicyclic) bond motifs is 1. The van der Waals surface area contributed by atoms with Gasteiger partial charge in [-0.05, 0) is 30.5 Å². The number of carbonyl (C=O) groups is 1. The summed E-state index contributed by atoms with van der Waals surface area (Å²) < 4.78 is 40.0. The highest BCUT2D eigenvalue weighted by Crippen LogP contribution is 2.28. The Morgan fingerprint density at radius 2 is 1.93 bits per heavy atom. The van der Waals surface area contributed by atoms with Gasteiger partial charge in [0.05, 0.1) is 5.92 Å². The highest BCUT2D eigenvalue weighted by atomic mass is 19.4. The minimum Gasteiger partial charge on any atom is -0.354 e. The smallest absolute Gasteiger partial charge is 0.354 e. The molecule has 10 heteroatoms. The maximum atomic E-state index is 13.1. The van der Waals surface area contributed by atoms with Crippen molar-refractivity contribution in [2.24, 2.45) is 5.92 Å². The molecule has 2 aromatic heterocycles. The molecule has 1 aliphatic heterocycles. The first-order valence-corrected chi connectivity index (χ1v) is 9.28. The van der Waals surface area contributed by atoms with Gasteiger partial charge in [0, 0.05) is 19.6 Å². The lowest BCUT2D eigenvalue weighted by Gasteiger charge is -2.32. The summed E-state index contributed by atoms with van der Waals surface area (Å²) in [7, 11) is 0. The van der Waals surface area contributed by atoms with Gasteiger partial charge in [0.2, 0.25) is 5.91 Å². The van der Waals surface area contributed by atoms with Crippen molar-refractivity contribution in [1.29, 1.82) is 0 Å². The van der Waals surface area contributed by atoms with Crippen LogP contribution in [0.2, 0.25) is 0 Å². The summed E-state index contributed by atoms with van der Waals surface area (Å²) in [4.78, 5) is 14.4. The van der Waals surface area contributed by atoms with Crippen molar-refractivity contribution in [3.8, 4) is 0 Å². The number of amides is 1. The van der Waals surface area contributed by atoms with Crippen LogP contribution in [0.4, 0.5) is 19.0 Å². The highest BCUT2D eigenvalue weighted by Gasteiger charge is 2.38. The lowest BCUT2D eigenvalue weighted by Crippen LogP contribution is -2.43. The van der Waals surface area contributed by atoms with E-state index in [-0.39, 0.29) is 17.5 Å². The predicted molar refractivity (Wildman–Crippen MR) is 99.0 cm³/mol. The van der Waals surface area contributed by atoms with Gasteiger partial charge in [0.25, 0.3) is 5.82 Å². The van der Waals surface area contributed by atoms with Gasteiger partial charge in [-0.3, -0.25) is 4.79 Å². The Morgan fingerprint density at radius 1 is 1.14 bits per heavy atom. The minimum atomic E-state index is -4.65. The molecule has 1 saturated heterocycles. The van der Waals surface area contributed by atoms with Crippen molar-refractivity contribution in [1.82, 2.24) is 25.1 Å². The predicted octanol–water partition coefficient (Wildman–Crippen LogP) is 2.68. The quantitative estimate of drug-likeness (QED) is 0.724. The van der Waals surface area contributed by atoms with Crippen LogP contribution in [0.1, 0.15) is 24.2 Å². The van der Waals surface area contributed by atoms with Gasteiger partial charge >= 0.3 is 6.18 Å². The largest absolute Gasteiger partial charge is 0.453 e. The van der Waals surface area contributed by atoms with Crippen molar-refractivity contribution in [3.05, 3.63) is 53.9 Å². The van der Waals surface area contributed by atoms with E-state index in [1.54, 1.807) is 6.07 Å². The zero-order chi connectivity index (χ0) is 20.4. The fraction of sp³-hybridized carbons (Fsp3) is 0.368. The molecule has 1 aromatic carbocycles. The van der Waals surface area contributed by atoms with Crippen molar-refractivity contribution < 1.29 is 18.0 Å². The number of hydrogen-bond donors (Lipinski definition) is 1. The number of carbonyl (C=O) groups excluding carboxylic acids is 1. The number of halogens is 3. The Labute approximate surface area is 164 Å². The molecular formula is C19H19F3N6O. The van der Waals surface area contributed by atoms with Crippen LogP contribution in [0, 0.1) is 5.92 Å². The molecule has 1 N–H and O–H groups in total. The molecule has 0 aliphatic carbocycles. The van der Waals surface area contributed by atoms with Gasteiger partial charge in [-0.25, -0.2) is 0 Å². The van der Waals surface area contributed by atoms with Crippen molar-refractivity contribution in [3.63, 3.8) is 0 Å². The minimum absolute atomic E-state index is 0.0234. The fourth-order valence-electron chi connectivity index (χ4n) is 3.45. The van der Waals surface area contributed by atoms with Crippen LogP contribution in [0.3, 0.4) is 0 Å². The van der Waals surface area contributed by atoms with E-state index in [1.807, 2.05) is 35.2 Å². The number of nitrogens with zero attached hydrogens (tertiary/aromatic N) is 5. The molecule has 1 atom stereocenters. The molecule has 1 amide bonds. The first-order valence-electron chi connectivity index (χ1n) is 9.28. The highest BCUT2D eigenvalue weighted by molar-refractivity contribution is 5.79. The van der Waals surface area contributed by atoms with Crippen LogP contribution in [0.15, 0.2) is 42.5 Å². The topological polar surface area (TPSA) is 75.4 Å². The summed E-state index contributed by atoms with van der Waals surface area (Å²) in [5.74, 6) is -1.13. The van der Waals surface area contributed by atoms with E-state index in [1.165, 1.54) is 6.07 Å². The normalized spacial score (nSPS) is 17.5. The van der Waals surface area contributed by atoms with Gasteiger partial charge in [-0.1, -0.05) is 30.3 Å². The van der Waals surface area contributed by atoms with Crippen LogP contribution >= 0.6 is 0 Å². The molecule has 152 valence electrons. The first kappa shape index (κ1) is 19.2. The van der Waals surface area contributed by atoms with E-state index in [2.05, 4.69) is 20.6 Å². The van der Waals surface area contributed by atoms with E-state index >= 15 is 0 Å². The number of piperidine rings is 1. The van der Waals surface area contributed by atoms with Crippen LogP contribution in [0.5, 0.6) is 0 Å². The van der Waals surface area contributed by atoms with Gasteiger partial charge in [-0.15, -0.1) is 15.3 Å². The van der Waals surface area contributed by atoms with Gasteiger partial charge in [0.1, 0.15) is 5.82 Å². The van der Waals surface area contributed by atoms with Gasteiger partial charge in [-0.2, -0.15) is 17.7 Å². The molecule has 0 bridgehead atoms. The second-order valence-corrected chi connectivity index (χ2v) is 6.97. The summed E-state index contributed by atoms with van der Waals surface area (Å²) in [5, 5.41) is 13.7. The summed E-state index contributed by atoms with van der Waals surface area (Å²) in [6, 6.07) is 12.7. The number of aromatic nitrogens is 4. The van der Waals surface area contributed by atoms with Crippen molar-refractivity contribution >= 4 is 17.4 Å². The Balaban J connectivity index is 1.47. The van der Waals surface area contributed by atoms with Crippen LogP contribution in [-0.2, 0) is 17.5 Å². The van der Waals surface area contributed by atoms with Crippen LogP contribution in [-0.4, -0.2) is 38.8 Å². The average molecular weight is 404 g/mol. The van der Waals surface area contributed by atoms with E-state index < -0.39 is 12.0 Å². The summed E-state index contributed by atoms with van der Waals surface area (Å²) in [5.41, 5.74) is 1.03. The van der Waals surface area contributed by atoms with E-state index in [4.69, 9.17) is 0 Å². The molecule has 3 aromatic rings. The standard InChI is InChI=1S/C19H19F3N6O/c20-19(21,22)18-25-24-15-8-9-16(26-28(15)18)27-10-4-7-14(12-27)17(29)23-11-13-5-2-1-3-6-13/h1-3,5-6,8-9,14H,4,7,10-12H2,(H,23,29)/t14-/m0/s1. The third kappa shape index (κ3) is 4.15. The molecule has 29 heavy (non-hydrogen) atoms. The molecule has 1 aliphatic rings. The van der Waals surface area contributed by atoms with Crippen molar-refractivity contribution in [2.75, 3.05) is 18.0 Å². The molecular weight excluding hydrogens is 385 g/mol. The van der Waals surface area contributed by atoms with Crippen LogP contribution in [0.25, 0.3) is 5.65 Å². The van der Waals surface area contributed by atoms with E-state index in [0.29, 0.717) is 30.0 Å². The molecule has 4 rings (SSSR count). The zero-order valence-corrected chi connectivity index (χ0v) is 15.4. The number of benzene rings is 1. The fourth-order valence-corrected chi connectivity index (χ4v) is 3.45. The molecule has 7 nitrogen and oxygen atoms in total. The third-order valence-electron chi connectivity index (χ3n) is 4.93. The Kier molecular flexibility index (Phi) is 5.08. The second kappa shape index (κ2) is 7.69. The molecule has 0 spiro atoms. The molecule has 0 unspecified atom stereocenters. The zero-order valence-electron chi connectivity index (χ0n) is 15.4. The average Bonchev–Trinajstić information content (AvgIpc) is 3.16. The Bertz CT molecular complexity index is 1000. The van der Waals surface area contributed by atoms with Crippen LogP contribution < -0.4 is 10.2 Å². The maximum Gasteiger partial charge on any atom is 0.453 e. The van der Waals surface area contributed by atoms with Gasteiger partial charge in [0.15, 0.2) is 5.65 Å². The number of nitrogens with one attached hydrogen (secondary N) is 1. The van der Waals surface area contributed by atoms with E-state index in [9.17, 15) is 18.0 Å². The number of alkyl halides is 3. The molecule has 1 fully saturated rings. The maximum absolute atomic E-state index is 13.1. The summed E-state index contributed by atoms with van der Waals surface area (Å²) in [6.07, 6.45) is -3.18. The number of anilines is 1. The molecule has 3 heterocycles. The lowest BCUT2D eigenvalue weighted by molar-refractivity contribution is -0.146. The third-order valence-corrected chi connectivity index (χ3v) is 4.93. The lowest BCUT2D eigenvalue weighted by atomic mass is 9.97. The molecule has 0 saturated carbocycles. The SMILES string of the molecule is O=C(NCc1ccccc1)[C@H]1CCCN(c2ccc3nnc(C(F)(F)F)n3n2)C1. The van der Waals surface area contributed by atoms with Crippen molar-refractivity contribution in [2.45, 2.75) is 25.6 Å². The summed E-state index contributed by atoms with van der Waals surface area (Å²) in [6.45, 7) is 1.45. The second-order valence-electron chi connectivity index (χ2n) is 6.97. The Morgan fingerprint density at radius 3 is 2.69 bits per heavy atom. The number of hydrogen-bond acceptors (Lipinski definition) is 5. The first-order chi connectivity index (χ1) is 13.9. The monoisotopic (exact) mass is 404 g/mol.